The lowest BCUT2D eigenvalue weighted by Gasteiger charge is -2.32. The van der Waals surface area contributed by atoms with Gasteiger partial charge in [-0.25, -0.2) is 19.6 Å². The quantitative estimate of drug-likeness (QED) is 0.0696. The van der Waals surface area contributed by atoms with Crippen molar-refractivity contribution in [3.05, 3.63) is 45.7 Å². The highest BCUT2D eigenvalue weighted by Crippen LogP contribution is 2.38. The van der Waals surface area contributed by atoms with Crippen LogP contribution in [0.4, 0.5) is 0 Å². The number of Topliss-reactive ketones (excluding diaryl/α,β-unsaturated/α-hetero) is 2. The summed E-state index contributed by atoms with van der Waals surface area (Å²) in [6.45, 7) is 12.4. The van der Waals surface area contributed by atoms with E-state index in [0.29, 0.717) is 47.5 Å². The predicted molar refractivity (Wildman–Crippen MR) is 209 cm³/mol. The van der Waals surface area contributed by atoms with Gasteiger partial charge < -0.3 is 15.2 Å². The Morgan fingerprint density at radius 2 is 1.67 bits per heavy atom. The maximum absolute atomic E-state index is 12.5. The molecule has 2 aromatic rings. The molecule has 1 aromatic heterocycles. The molecule has 1 heterocycles. The van der Waals surface area contributed by atoms with Crippen LogP contribution in [0, 0.1) is 28.1 Å². The molecule has 51 heavy (non-hydrogen) atoms. The van der Waals surface area contributed by atoms with E-state index in [4.69, 9.17) is 20.9 Å². The minimum Gasteiger partial charge on any atom is -0.461 e. The first kappa shape index (κ1) is 44.5. The van der Waals surface area contributed by atoms with Gasteiger partial charge in [-0.15, -0.1) is 12.4 Å². The zero-order valence-electron chi connectivity index (χ0n) is 30.6. The number of benzene rings is 1. The average Bonchev–Trinajstić information content (AvgIpc) is 3.05. The molecular formula is C38H53Br2ClN4O6. The number of nitrogens with two attached hydrogens (primary N) is 1. The summed E-state index contributed by atoms with van der Waals surface area (Å²) in [6, 6.07) is 7.81. The lowest BCUT2D eigenvalue weighted by molar-refractivity contribution is -0.158. The molecule has 3 N–H and O–H groups in total. The number of aryl methyl sites for hydroxylation is 1. The van der Waals surface area contributed by atoms with Crippen LogP contribution in [0.15, 0.2) is 28.7 Å². The minimum absolute atomic E-state index is 0. The Kier molecular flexibility index (Phi) is 17.4. The van der Waals surface area contributed by atoms with E-state index in [2.05, 4.69) is 55.4 Å². The maximum Gasteiger partial charge on any atom is 0.375 e. The van der Waals surface area contributed by atoms with E-state index in [1.165, 1.54) is 12.8 Å². The van der Waals surface area contributed by atoms with E-state index >= 15 is 0 Å². The Morgan fingerprint density at radius 3 is 2.25 bits per heavy atom. The van der Waals surface area contributed by atoms with Crippen LogP contribution in [0.25, 0.3) is 11.4 Å². The summed E-state index contributed by atoms with van der Waals surface area (Å²) < 4.78 is 10.8. The average molecular weight is 857 g/mol. The van der Waals surface area contributed by atoms with Crippen LogP contribution in [-0.4, -0.2) is 57.3 Å². The summed E-state index contributed by atoms with van der Waals surface area (Å²) in [5.41, 5.74) is 8.72. The number of carbonyl (C=O) groups is 4. The number of halogens is 3. The number of aromatic nitrogens is 2. The first-order valence-corrected chi connectivity index (χ1v) is 19.2. The van der Waals surface area contributed by atoms with Crippen LogP contribution >= 0.6 is 44.3 Å². The van der Waals surface area contributed by atoms with Gasteiger partial charge in [0.15, 0.2) is 11.5 Å². The molecule has 282 valence electrons. The molecule has 0 spiro atoms. The molecule has 3 atom stereocenters. The van der Waals surface area contributed by atoms with Gasteiger partial charge in [-0.2, -0.15) is 0 Å². The molecule has 10 nitrogen and oxygen atoms in total. The van der Waals surface area contributed by atoms with Gasteiger partial charge in [-0.1, -0.05) is 78.1 Å². The van der Waals surface area contributed by atoms with Crippen molar-refractivity contribution in [1.82, 2.24) is 9.97 Å². The second kappa shape index (κ2) is 19.9. The fourth-order valence-corrected chi connectivity index (χ4v) is 7.65. The van der Waals surface area contributed by atoms with Gasteiger partial charge in [0.2, 0.25) is 5.78 Å². The number of carbonyl (C=O) groups excluding carboxylic acids is 4. The van der Waals surface area contributed by atoms with E-state index in [9.17, 15) is 19.2 Å². The normalized spacial score (nSPS) is 21.5. The number of amidine groups is 1. The van der Waals surface area contributed by atoms with Gasteiger partial charge in [0.1, 0.15) is 5.78 Å². The molecular weight excluding hydrogens is 804 g/mol. The van der Waals surface area contributed by atoms with Gasteiger partial charge in [-0.05, 0) is 88.2 Å². The fraction of sp³-hybridized carbons (Fsp3) is 0.605. The number of hydrogen-bond donors (Lipinski definition) is 2. The lowest BCUT2D eigenvalue weighted by atomic mass is 9.70. The van der Waals surface area contributed by atoms with Crippen LogP contribution in [0.3, 0.4) is 0 Å². The number of nitrogens with zero attached hydrogens (tertiary/aromatic N) is 2. The molecule has 0 amide bonds. The Hall–Kier alpha value is -2.70. The van der Waals surface area contributed by atoms with Crippen molar-refractivity contribution < 1.29 is 28.7 Å². The van der Waals surface area contributed by atoms with E-state index in [-0.39, 0.29) is 41.6 Å². The van der Waals surface area contributed by atoms with Crippen molar-refractivity contribution in [2.24, 2.45) is 28.4 Å². The monoisotopic (exact) mass is 854 g/mol. The number of hydrogen-bond acceptors (Lipinski definition) is 9. The summed E-state index contributed by atoms with van der Waals surface area (Å²) in [5.74, 6) is -1.54. The lowest BCUT2D eigenvalue weighted by Crippen LogP contribution is -2.38. The number of ether oxygens (including phenoxy) is 2. The first-order valence-electron chi connectivity index (χ1n) is 17.5. The van der Waals surface area contributed by atoms with Crippen molar-refractivity contribution in [3.8, 4) is 11.4 Å². The molecule has 0 radical (unpaired) electrons. The van der Waals surface area contributed by atoms with Gasteiger partial charge in [0, 0.05) is 38.5 Å². The number of rotatable bonds is 7. The fourth-order valence-electron chi connectivity index (χ4n) is 6.47. The van der Waals surface area contributed by atoms with Gasteiger partial charge in [0.05, 0.1) is 25.0 Å². The molecule has 3 aliphatic rings. The molecule has 13 heteroatoms. The Balaban J connectivity index is 0.000000288. The molecule has 3 unspecified atom stereocenters. The molecule has 3 aliphatic carbocycles. The molecule has 0 aliphatic heterocycles. The number of ketones is 2. The Bertz CT molecular complexity index is 1570. The number of fused-ring (bicyclic) bond motifs is 1. The topological polar surface area (TPSA) is 162 Å². The molecule has 2 fully saturated rings. The van der Waals surface area contributed by atoms with E-state index < -0.39 is 17.7 Å². The zero-order valence-corrected chi connectivity index (χ0v) is 34.6. The van der Waals surface area contributed by atoms with E-state index in [1.807, 2.05) is 45.0 Å². The van der Waals surface area contributed by atoms with Crippen LogP contribution < -0.4 is 5.73 Å². The summed E-state index contributed by atoms with van der Waals surface area (Å²) in [6.07, 6.45) is 8.92. The summed E-state index contributed by atoms with van der Waals surface area (Å²) >= 11 is 7.02. The molecule has 5 rings (SSSR count). The second-order valence-electron chi connectivity index (χ2n) is 14.8. The van der Waals surface area contributed by atoms with Crippen LogP contribution in [0.1, 0.15) is 115 Å². The first-order chi connectivity index (χ1) is 23.5. The third-order valence-corrected chi connectivity index (χ3v) is 10.7. The molecule has 2 saturated carbocycles. The van der Waals surface area contributed by atoms with Gasteiger partial charge in [0.25, 0.3) is 0 Å². The number of alkyl halides is 1. The van der Waals surface area contributed by atoms with Crippen molar-refractivity contribution in [1.29, 1.82) is 5.41 Å². The predicted octanol–water partition coefficient (Wildman–Crippen LogP) is 8.41. The second-order valence-corrected chi connectivity index (χ2v) is 17.0. The highest BCUT2D eigenvalue weighted by Gasteiger charge is 2.40. The van der Waals surface area contributed by atoms with E-state index in [1.54, 1.807) is 6.92 Å². The highest BCUT2D eigenvalue weighted by molar-refractivity contribution is 9.10. The Labute approximate surface area is 325 Å². The van der Waals surface area contributed by atoms with Crippen LogP contribution in [0.2, 0.25) is 0 Å². The van der Waals surface area contributed by atoms with Crippen LogP contribution in [-0.2, 0) is 36.7 Å². The summed E-state index contributed by atoms with van der Waals surface area (Å²) in [5, 5.41) is 7.24. The molecule has 0 saturated heterocycles. The van der Waals surface area contributed by atoms with E-state index in [0.717, 1.165) is 59.8 Å². The molecule has 1 aromatic carbocycles. The van der Waals surface area contributed by atoms with Crippen molar-refractivity contribution in [2.75, 3.05) is 13.2 Å². The third-order valence-electron chi connectivity index (χ3n) is 9.37. The summed E-state index contributed by atoms with van der Waals surface area (Å²) in [7, 11) is 0. The van der Waals surface area contributed by atoms with Crippen molar-refractivity contribution >= 4 is 73.6 Å². The number of nitrogens with one attached hydrogen (secondary N) is 1. The van der Waals surface area contributed by atoms with Gasteiger partial charge in [-0.3, -0.25) is 15.0 Å². The number of esters is 2. The Morgan fingerprint density at radius 1 is 1.00 bits per heavy atom. The molecule has 0 bridgehead atoms. The van der Waals surface area contributed by atoms with Gasteiger partial charge >= 0.3 is 11.9 Å². The largest absolute Gasteiger partial charge is 0.461 e. The zero-order chi connectivity index (χ0) is 37.2. The van der Waals surface area contributed by atoms with Crippen molar-refractivity contribution in [3.63, 3.8) is 0 Å². The van der Waals surface area contributed by atoms with Crippen LogP contribution in [0.5, 0.6) is 0 Å². The van der Waals surface area contributed by atoms with Crippen molar-refractivity contribution in [2.45, 2.75) is 111 Å². The highest BCUT2D eigenvalue weighted by atomic mass is 79.9. The smallest absolute Gasteiger partial charge is 0.375 e. The maximum atomic E-state index is 12.5. The minimum atomic E-state index is -0.876. The SMILES string of the molecule is CCOC(=O)C(=O)C1CC(C)(C)CCC1=O.CCOC(=O)c1nc(-c2cccc(Br)c2)nc2c1CC(C)(C)CC2.Cl.N=C(N)C1CCCC(Br)C1. The third kappa shape index (κ3) is 13.3. The standard InChI is InChI=1S/C19H21BrN2O2.C12H18O4.C7H13BrN2.ClH/c1-4-24-18(23)16-14-11-19(2,3)9-8-15(14)21-17(22-16)12-6-5-7-13(20)10-12;1-4-16-11(15)10(14)8-7-12(2,3)6-5-9(8)13;8-6-3-1-2-5(4-6)7(9)10;/h5-7,10H,4,8-9,11H2,1-3H3;8H,4-7H2,1-3H3;5-6H,1-4H2,(H3,9,10);1H. The summed E-state index contributed by atoms with van der Waals surface area (Å²) in [4.78, 5) is 56.9.